The molecule has 282 valence electrons. The van der Waals surface area contributed by atoms with Crippen LogP contribution in [0, 0.1) is 0 Å². The van der Waals surface area contributed by atoms with E-state index in [-0.39, 0.29) is 5.41 Å². The quantitative estimate of drug-likeness (QED) is 0.175. The third kappa shape index (κ3) is 5.27. The number of rotatable bonds is 5. The van der Waals surface area contributed by atoms with Gasteiger partial charge in [0.1, 0.15) is 11.3 Å². The van der Waals surface area contributed by atoms with Crippen LogP contribution in [0.1, 0.15) is 25.0 Å². The highest BCUT2D eigenvalue weighted by Gasteiger charge is 2.35. The summed E-state index contributed by atoms with van der Waals surface area (Å²) in [5.41, 5.74) is 16.8. The van der Waals surface area contributed by atoms with Gasteiger partial charge in [0, 0.05) is 43.8 Å². The number of fused-ring (bicyclic) bond motifs is 9. The van der Waals surface area contributed by atoms with Gasteiger partial charge in [-0.1, -0.05) is 178 Å². The molecule has 0 amide bonds. The topological polar surface area (TPSA) is 51.8 Å². The zero-order chi connectivity index (χ0) is 40.0. The van der Waals surface area contributed by atoms with Gasteiger partial charge in [-0.3, -0.25) is 0 Å². The van der Waals surface area contributed by atoms with E-state index in [0.717, 1.165) is 94.1 Å². The lowest BCUT2D eigenvalue weighted by Gasteiger charge is -2.22. The monoisotopic (exact) mass is 767 g/mol. The Kier molecular flexibility index (Phi) is 7.54. The SMILES string of the molecule is CC1(C)c2ccccc2-c2ccc(-c3cc(-c4ccccc4)nc(-c4ccc(-c5ccc(-c6nc7ccccc7c7c6oc6ccccc67)c6ccccc56)cc4)n3)cc21. The van der Waals surface area contributed by atoms with Gasteiger partial charge in [-0.25, -0.2) is 15.0 Å². The molecular formula is C56H37N3O. The minimum Gasteiger partial charge on any atom is -0.454 e. The van der Waals surface area contributed by atoms with Gasteiger partial charge in [-0.2, -0.15) is 0 Å². The van der Waals surface area contributed by atoms with Crippen molar-refractivity contribution in [2.75, 3.05) is 0 Å². The lowest BCUT2D eigenvalue weighted by Crippen LogP contribution is -2.14. The molecule has 3 aromatic heterocycles. The first-order valence-electron chi connectivity index (χ1n) is 20.5. The highest BCUT2D eigenvalue weighted by Crippen LogP contribution is 2.50. The lowest BCUT2D eigenvalue weighted by molar-refractivity contribution is 0.660. The van der Waals surface area contributed by atoms with Crippen molar-refractivity contribution in [3.8, 4) is 67.4 Å². The van der Waals surface area contributed by atoms with Crippen molar-refractivity contribution >= 4 is 43.6 Å². The number of benzene rings is 8. The summed E-state index contributed by atoms with van der Waals surface area (Å²) in [5.74, 6) is 0.693. The fourth-order valence-corrected chi connectivity index (χ4v) is 9.52. The summed E-state index contributed by atoms with van der Waals surface area (Å²) in [6, 6.07) is 66.4. The third-order valence-electron chi connectivity index (χ3n) is 12.5. The van der Waals surface area contributed by atoms with Crippen LogP contribution in [0.25, 0.3) is 111 Å². The lowest BCUT2D eigenvalue weighted by atomic mass is 9.82. The van der Waals surface area contributed by atoms with Crippen LogP contribution in [0.3, 0.4) is 0 Å². The Balaban J connectivity index is 0.962. The molecule has 60 heavy (non-hydrogen) atoms. The Labute approximate surface area is 347 Å². The highest BCUT2D eigenvalue weighted by atomic mass is 16.3. The Bertz CT molecular complexity index is 3510. The standard InChI is InChI=1S/C56H37N3O/c1-56(2)46-21-11-8-18-41(46)42-29-28-37(32-47(42)56)50-33-49(35-14-4-3-5-15-35)58-55(59-50)36-26-24-34(25-27-36)38-30-31-43(40-17-7-6-16-39(38)40)53-54-52(44-19-9-12-22-48(44)57-53)45-20-10-13-23-51(45)60-54/h3-33H,1-2H3. The van der Waals surface area contributed by atoms with Crippen LogP contribution in [-0.4, -0.2) is 15.0 Å². The minimum absolute atomic E-state index is 0.107. The summed E-state index contributed by atoms with van der Waals surface area (Å²) in [4.78, 5) is 15.7. The molecule has 0 spiro atoms. The molecule has 0 bridgehead atoms. The average Bonchev–Trinajstić information content (AvgIpc) is 3.81. The number of hydrogen-bond donors (Lipinski definition) is 0. The largest absolute Gasteiger partial charge is 0.454 e. The van der Waals surface area contributed by atoms with E-state index in [1.807, 2.05) is 18.2 Å². The van der Waals surface area contributed by atoms with E-state index in [0.29, 0.717) is 5.82 Å². The van der Waals surface area contributed by atoms with Crippen LogP contribution in [0.2, 0.25) is 0 Å². The number of aromatic nitrogens is 3. The van der Waals surface area contributed by atoms with E-state index >= 15 is 0 Å². The molecule has 0 radical (unpaired) electrons. The first-order chi connectivity index (χ1) is 29.5. The summed E-state index contributed by atoms with van der Waals surface area (Å²) in [6.07, 6.45) is 0. The molecule has 4 heteroatoms. The van der Waals surface area contributed by atoms with Gasteiger partial charge in [0.15, 0.2) is 11.4 Å². The summed E-state index contributed by atoms with van der Waals surface area (Å²) < 4.78 is 6.61. The Morgan fingerprint density at radius 1 is 0.400 bits per heavy atom. The van der Waals surface area contributed by atoms with Gasteiger partial charge in [-0.15, -0.1) is 0 Å². The molecule has 0 aliphatic heterocycles. The van der Waals surface area contributed by atoms with Gasteiger partial charge in [0.2, 0.25) is 0 Å². The van der Waals surface area contributed by atoms with E-state index in [1.54, 1.807) is 0 Å². The highest BCUT2D eigenvalue weighted by molar-refractivity contribution is 6.22. The maximum absolute atomic E-state index is 6.61. The normalized spacial score (nSPS) is 13.0. The van der Waals surface area contributed by atoms with Crippen molar-refractivity contribution < 1.29 is 4.42 Å². The molecule has 1 aliphatic rings. The number of furan rings is 1. The summed E-state index contributed by atoms with van der Waals surface area (Å²) in [5, 5.41) is 5.55. The van der Waals surface area contributed by atoms with Crippen LogP contribution < -0.4 is 0 Å². The average molecular weight is 768 g/mol. The summed E-state index contributed by atoms with van der Waals surface area (Å²) >= 11 is 0. The first-order valence-corrected chi connectivity index (χ1v) is 20.5. The maximum Gasteiger partial charge on any atom is 0.162 e. The minimum atomic E-state index is -0.107. The number of para-hydroxylation sites is 2. The molecule has 0 fully saturated rings. The summed E-state index contributed by atoms with van der Waals surface area (Å²) in [7, 11) is 0. The molecule has 4 nitrogen and oxygen atoms in total. The molecule has 3 heterocycles. The smallest absolute Gasteiger partial charge is 0.162 e. The van der Waals surface area contributed by atoms with Crippen LogP contribution in [-0.2, 0) is 5.41 Å². The fraction of sp³-hybridized carbons (Fsp3) is 0.0536. The molecule has 0 atom stereocenters. The Morgan fingerprint density at radius 3 is 1.80 bits per heavy atom. The molecule has 0 saturated carbocycles. The van der Waals surface area contributed by atoms with E-state index in [2.05, 4.69) is 184 Å². The maximum atomic E-state index is 6.61. The van der Waals surface area contributed by atoms with Gasteiger partial charge < -0.3 is 4.42 Å². The van der Waals surface area contributed by atoms with Crippen LogP contribution in [0.4, 0.5) is 0 Å². The number of nitrogens with zero attached hydrogens (tertiary/aromatic N) is 3. The number of pyridine rings is 1. The van der Waals surface area contributed by atoms with Gasteiger partial charge in [0.05, 0.1) is 16.9 Å². The van der Waals surface area contributed by atoms with Crippen molar-refractivity contribution in [1.82, 2.24) is 15.0 Å². The van der Waals surface area contributed by atoms with Gasteiger partial charge >= 0.3 is 0 Å². The Morgan fingerprint density at radius 2 is 0.983 bits per heavy atom. The second-order valence-corrected chi connectivity index (χ2v) is 16.3. The molecule has 0 unspecified atom stereocenters. The Hall–Kier alpha value is -7.69. The van der Waals surface area contributed by atoms with E-state index in [9.17, 15) is 0 Å². The van der Waals surface area contributed by atoms with E-state index in [1.165, 1.54) is 22.3 Å². The predicted octanol–water partition coefficient (Wildman–Crippen LogP) is 14.7. The van der Waals surface area contributed by atoms with Crippen molar-refractivity contribution in [2.24, 2.45) is 0 Å². The van der Waals surface area contributed by atoms with Crippen molar-refractivity contribution in [1.29, 1.82) is 0 Å². The zero-order valence-electron chi connectivity index (χ0n) is 33.1. The summed E-state index contributed by atoms with van der Waals surface area (Å²) in [6.45, 7) is 4.64. The van der Waals surface area contributed by atoms with Gasteiger partial charge in [-0.05, 0) is 68.4 Å². The molecule has 11 aromatic rings. The second kappa shape index (κ2) is 13.2. The molecule has 12 rings (SSSR count). The van der Waals surface area contributed by atoms with E-state index < -0.39 is 0 Å². The van der Waals surface area contributed by atoms with Crippen LogP contribution >= 0.6 is 0 Å². The molecule has 0 saturated heterocycles. The predicted molar refractivity (Wildman–Crippen MR) is 247 cm³/mol. The third-order valence-corrected chi connectivity index (χ3v) is 12.5. The van der Waals surface area contributed by atoms with Crippen molar-refractivity contribution in [2.45, 2.75) is 19.3 Å². The van der Waals surface area contributed by atoms with Gasteiger partial charge in [0.25, 0.3) is 0 Å². The van der Waals surface area contributed by atoms with Crippen molar-refractivity contribution in [3.05, 3.63) is 199 Å². The molecule has 0 N–H and O–H groups in total. The van der Waals surface area contributed by atoms with Crippen molar-refractivity contribution in [3.63, 3.8) is 0 Å². The molecular weight excluding hydrogens is 731 g/mol. The fourth-order valence-electron chi connectivity index (χ4n) is 9.52. The second-order valence-electron chi connectivity index (χ2n) is 16.3. The van der Waals surface area contributed by atoms with E-state index in [4.69, 9.17) is 19.4 Å². The van der Waals surface area contributed by atoms with Crippen LogP contribution in [0.5, 0.6) is 0 Å². The van der Waals surface area contributed by atoms with Crippen LogP contribution in [0.15, 0.2) is 192 Å². The molecule has 8 aromatic carbocycles. The number of hydrogen-bond acceptors (Lipinski definition) is 4. The first kappa shape index (κ1) is 34.4. The zero-order valence-corrected chi connectivity index (χ0v) is 33.1. The molecule has 1 aliphatic carbocycles.